The van der Waals surface area contributed by atoms with E-state index in [-0.39, 0.29) is 0 Å². The summed E-state index contributed by atoms with van der Waals surface area (Å²) in [6.07, 6.45) is 1.16. The molecule has 0 unspecified atom stereocenters. The standard InChI is InChI=1S/C10H15N3/c1-2-5-13-7-12-9-4-3-8(11)6-10(9)13/h3-4,6,12H,2,5,7,11H2,1H3. The zero-order valence-electron chi connectivity index (χ0n) is 7.88. The van der Waals surface area contributed by atoms with Gasteiger partial charge < -0.3 is 16.0 Å². The third-order valence-electron chi connectivity index (χ3n) is 2.32. The minimum absolute atomic E-state index is 0.837. The summed E-state index contributed by atoms with van der Waals surface area (Å²) in [5.74, 6) is 0. The molecule has 0 aliphatic carbocycles. The van der Waals surface area contributed by atoms with Crippen molar-refractivity contribution in [3.05, 3.63) is 18.2 Å². The van der Waals surface area contributed by atoms with Gasteiger partial charge in [-0.05, 0) is 24.6 Å². The van der Waals surface area contributed by atoms with E-state index >= 15 is 0 Å². The molecule has 3 heteroatoms. The minimum Gasteiger partial charge on any atom is -0.399 e. The first-order valence-electron chi connectivity index (χ1n) is 4.69. The van der Waals surface area contributed by atoms with Gasteiger partial charge in [-0.3, -0.25) is 0 Å². The maximum atomic E-state index is 5.73. The van der Waals surface area contributed by atoms with Crippen molar-refractivity contribution in [2.24, 2.45) is 0 Å². The van der Waals surface area contributed by atoms with Crippen LogP contribution in [-0.2, 0) is 0 Å². The molecule has 0 atom stereocenters. The van der Waals surface area contributed by atoms with E-state index in [4.69, 9.17) is 5.73 Å². The van der Waals surface area contributed by atoms with Crippen molar-refractivity contribution in [3.63, 3.8) is 0 Å². The highest BCUT2D eigenvalue weighted by molar-refractivity contribution is 5.77. The Hall–Kier alpha value is -1.38. The Kier molecular flexibility index (Phi) is 2.00. The highest BCUT2D eigenvalue weighted by atomic mass is 15.3. The van der Waals surface area contributed by atoms with Crippen LogP contribution in [0.3, 0.4) is 0 Å². The molecule has 3 nitrogen and oxygen atoms in total. The molecule has 0 fully saturated rings. The Bertz CT molecular complexity index is 307. The second-order valence-corrected chi connectivity index (χ2v) is 3.37. The number of nitrogens with two attached hydrogens (primary N) is 1. The molecular weight excluding hydrogens is 162 g/mol. The highest BCUT2D eigenvalue weighted by Gasteiger charge is 2.16. The largest absolute Gasteiger partial charge is 0.399 e. The number of nitrogen functional groups attached to an aromatic ring is 1. The molecule has 0 saturated heterocycles. The molecule has 0 bridgehead atoms. The molecule has 13 heavy (non-hydrogen) atoms. The number of hydrogen-bond donors (Lipinski definition) is 2. The average Bonchev–Trinajstić information content (AvgIpc) is 2.49. The summed E-state index contributed by atoms with van der Waals surface area (Å²) in [6.45, 7) is 4.18. The van der Waals surface area contributed by atoms with Gasteiger partial charge in [-0.25, -0.2) is 0 Å². The van der Waals surface area contributed by atoms with Crippen molar-refractivity contribution in [2.45, 2.75) is 13.3 Å². The van der Waals surface area contributed by atoms with Crippen LogP contribution in [0.5, 0.6) is 0 Å². The van der Waals surface area contributed by atoms with Gasteiger partial charge in [0, 0.05) is 12.2 Å². The summed E-state index contributed by atoms with van der Waals surface area (Å²) in [7, 11) is 0. The first kappa shape index (κ1) is 8.23. The first-order chi connectivity index (χ1) is 6.31. The van der Waals surface area contributed by atoms with E-state index in [1.54, 1.807) is 0 Å². The number of hydrogen-bond acceptors (Lipinski definition) is 3. The summed E-state index contributed by atoms with van der Waals surface area (Å²) in [6, 6.07) is 6.01. The van der Waals surface area contributed by atoms with Crippen molar-refractivity contribution in [3.8, 4) is 0 Å². The lowest BCUT2D eigenvalue weighted by Gasteiger charge is -2.16. The maximum absolute atomic E-state index is 5.73. The fourth-order valence-corrected chi connectivity index (χ4v) is 1.69. The fourth-order valence-electron chi connectivity index (χ4n) is 1.69. The van der Waals surface area contributed by atoms with E-state index in [2.05, 4.69) is 17.1 Å². The van der Waals surface area contributed by atoms with Crippen LogP contribution in [-0.4, -0.2) is 13.2 Å². The Labute approximate surface area is 78.5 Å². The lowest BCUT2D eigenvalue weighted by atomic mass is 10.2. The van der Waals surface area contributed by atoms with Crippen LogP contribution in [0.2, 0.25) is 0 Å². The maximum Gasteiger partial charge on any atom is 0.0877 e. The Morgan fingerprint density at radius 1 is 1.54 bits per heavy atom. The second kappa shape index (κ2) is 3.17. The number of nitrogens with one attached hydrogen (secondary N) is 1. The molecule has 70 valence electrons. The Morgan fingerprint density at radius 2 is 2.38 bits per heavy atom. The van der Waals surface area contributed by atoms with Crippen molar-refractivity contribution >= 4 is 17.1 Å². The molecule has 0 spiro atoms. The normalized spacial score (nSPS) is 14.1. The van der Waals surface area contributed by atoms with Crippen molar-refractivity contribution in [1.82, 2.24) is 0 Å². The van der Waals surface area contributed by atoms with Gasteiger partial charge in [-0.15, -0.1) is 0 Å². The number of benzene rings is 1. The zero-order chi connectivity index (χ0) is 9.26. The predicted octanol–water partition coefficient (Wildman–Crippen LogP) is 1.87. The van der Waals surface area contributed by atoms with Crippen molar-refractivity contribution < 1.29 is 0 Å². The lowest BCUT2D eigenvalue weighted by molar-refractivity contribution is 0.820. The molecular formula is C10H15N3. The lowest BCUT2D eigenvalue weighted by Crippen LogP contribution is -2.23. The topological polar surface area (TPSA) is 41.3 Å². The summed E-state index contributed by atoms with van der Waals surface area (Å²) in [5.41, 5.74) is 9.01. The van der Waals surface area contributed by atoms with Gasteiger partial charge in [0.05, 0.1) is 18.0 Å². The van der Waals surface area contributed by atoms with Crippen LogP contribution in [0, 0.1) is 0 Å². The predicted molar refractivity (Wildman–Crippen MR) is 57.0 cm³/mol. The van der Waals surface area contributed by atoms with E-state index in [0.717, 1.165) is 25.3 Å². The number of rotatable bonds is 2. The van der Waals surface area contributed by atoms with Gasteiger partial charge in [0.2, 0.25) is 0 Å². The summed E-state index contributed by atoms with van der Waals surface area (Å²) in [5, 5.41) is 3.33. The molecule has 1 heterocycles. The quantitative estimate of drug-likeness (QED) is 0.677. The van der Waals surface area contributed by atoms with Crippen LogP contribution in [0.25, 0.3) is 0 Å². The van der Waals surface area contributed by atoms with Gasteiger partial charge in [0.15, 0.2) is 0 Å². The third-order valence-corrected chi connectivity index (χ3v) is 2.32. The molecule has 1 aliphatic heterocycles. The molecule has 0 amide bonds. The molecule has 1 aromatic rings. The van der Waals surface area contributed by atoms with Gasteiger partial charge in [-0.1, -0.05) is 6.92 Å². The van der Waals surface area contributed by atoms with E-state index in [1.807, 2.05) is 18.2 Å². The van der Waals surface area contributed by atoms with Gasteiger partial charge in [-0.2, -0.15) is 0 Å². The first-order valence-corrected chi connectivity index (χ1v) is 4.69. The van der Waals surface area contributed by atoms with Crippen LogP contribution < -0.4 is 16.0 Å². The minimum atomic E-state index is 0.837. The highest BCUT2D eigenvalue weighted by Crippen LogP contribution is 2.32. The van der Waals surface area contributed by atoms with E-state index in [1.165, 1.54) is 11.4 Å². The SMILES string of the molecule is CCCN1CNc2ccc(N)cc21. The Morgan fingerprint density at radius 3 is 3.15 bits per heavy atom. The molecule has 1 aliphatic rings. The van der Waals surface area contributed by atoms with E-state index in [9.17, 15) is 0 Å². The number of fused-ring (bicyclic) bond motifs is 1. The van der Waals surface area contributed by atoms with Crippen LogP contribution >= 0.6 is 0 Å². The van der Waals surface area contributed by atoms with Crippen LogP contribution in [0.4, 0.5) is 17.1 Å². The van der Waals surface area contributed by atoms with Crippen LogP contribution in [0.15, 0.2) is 18.2 Å². The molecule has 2 rings (SSSR count). The van der Waals surface area contributed by atoms with Gasteiger partial charge >= 0.3 is 0 Å². The van der Waals surface area contributed by atoms with Crippen molar-refractivity contribution in [1.29, 1.82) is 0 Å². The molecule has 3 N–H and O–H groups in total. The third kappa shape index (κ3) is 1.41. The fraction of sp³-hybridized carbons (Fsp3) is 0.400. The molecule has 0 radical (unpaired) electrons. The monoisotopic (exact) mass is 177 g/mol. The smallest absolute Gasteiger partial charge is 0.0877 e. The van der Waals surface area contributed by atoms with Crippen LogP contribution in [0.1, 0.15) is 13.3 Å². The van der Waals surface area contributed by atoms with E-state index in [0.29, 0.717) is 0 Å². The van der Waals surface area contributed by atoms with E-state index < -0.39 is 0 Å². The average molecular weight is 177 g/mol. The summed E-state index contributed by atoms with van der Waals surface area (Å²) in [4.78, 5) is 2.31. The number of anilines is 3. The molecule has 0 saturated carbocycles. The summed E-state index contributed by atoms with van der Waals surface area (Å²) >= 11 is 0. The van der Waals surface area contributed by atoms with Crippen molar-refractivity contribution in [2.75, 3.05) is 29.2 Å². The van der Waals surface area contributed by atoms with Gasteiger partial charge in [0.1, 0.15) is 0 Å². The molecule has 1 aromatic carbocycles. The number of nitrogens with zero attached hydrogens (tertiary/aromatic N) is 1. The molecule has 0 aromatic heterocycles. The zero-order valence-corrected chi connectivity index (χ0v) is 7.88. The second-order valence-electron chi connectivity index (χ2n) is 3.37. The van der Waals surface area contributed by atoms with Gasteiger partial charge in [0.25, 0.3) is 0 Å². The summed E-state index contributed by atoms with van der Waals surface area (Å²) < 4.78 is 0. The Balaban J connectivity index is 2.29.